The van der Waals surface area contributed by atoms with Crippen LogP contribution in [0.25, 0.3) is 0 Å². The van der Waals surface area contributed by atoms with Crippen molar-refractivity contribution in [3.8, 4) is 0 Å². The van der Waals surface area contributed by atoms with E-state index in [1.54, 1.807) is 5.57 Å². The Hall–Kier alpha value is -1.04. The summed E-state index contributed by atoms with van der Waals surface area (Å²) in [4.78, 5) is 0. The number of hydrogen-bond donors (Lipinski definition) is 0. The van der Waals surface area contributed by atoms with Gasteiger partial charge in [-0.15, -0.1) is 0 Å². The van der Waals surface area contributed by atoms with Gasteiger partial charge in [-0.25, -0.2) is 0 Å². The van der Waals surface area contributed by atoms with Gasteiger partial charge < -0.3 is 0 Å². The molecule has 0 heteroatoms. The minimum Gasteiger partial charge on any atom is -0.0996 e. The van der Waals surface area contributed by atoms with Crippen LogP contribution in [-0.4, -0.2) is 0 Å². The lowest BCUT2D eigenvalue weighted by molar-refractivity contribution is -0.0569. The van der Waals surface area contributed by atoms with Crippen molar-refractivity contribution < 1.29 is 0 Å². The summed E-state index contributed by atoms with van der Waals surface area (Å²) in [6.45, 7) is 20.5. The van der Waals surface area contributed by atoms with E-state index in [9.17, 15) is 0 Å². The van der Waals surface area contributed by atoms with Gasteiger partial charge in [0.1, 0.15) is 0 Å². The third kappa shape index (κ3) is 2.47. The lowest BCUT2D eigenvalue weighted by Gasteiger charge is -2.59. The summed E-state index contributed by atoms with van der Waals surface area (Å²) in [5, 5.41) is 0. The summed E-state index contributed by atoms with van der Waals surface area (Å²) in [5.74, 6) is 2.52. The average molecular weight is 353 g/mol. The van der Waals surface area contributed by atoms with Gasteiger partial charge in [0, 0.05) is 5.41 Å². The van der Waals surface area contributed by atoms with Crippen molar-refractivity contribution in [1.29, 1.82) is 0 Å². The fourth-order valence-electron chi connectivity index (χ4n) is 7.96. The van der Waals surface area contributed by atoms with Crippen molar-refractivity contribution >= 4 is 0 Å². The molecular formula is C26H40. The molecule has 3 rings (SSSR count). The van der Waals surface area contributed by atoms with E-state index < -0.39 is 0 Å². The van der Waals surface area contributed by atoms with Crippen molar-refractivity contribution in [1.82, 2.24) is 0 Å². The Balaban J connectivity index is 2.01. The molecule has 3 aliphatic rings. The second-order valence-corrected chi connectivity index (χ2v) is 9.84. The molecule has 0 nitrogen and oxygen atoms in total. The van der Waals surface area contributed by atoms with E-state index in [2.05, 4.69) is 66.0 Å². The maximum absolute atomic E-state index is 4.48. The van der Waals surface area contributed by atoms with E-state index >= 15 is 0 Å². The van der Waals surface area contributed by atoms with E-state index in [1.165, 1.54) is 50.5 Å². The molecule has 0 heterocycles. The zero-order valence-corrected chi connectivity index (χ0v) is 17.9. The van der Waals surface area contributed by atoms with Crippen LogP contribution in [0.5, 0.6) is 0 Å². The first-order valence-corrected chi connectivity index (χ1v) is 10.9. The first-order valence-electron chi connectivity index (χ1n) is 10.9. The molecule has 3 fully saturated rings. The van der Waals surface area contributed by atoms with Gasteiger partial charge in [0.25, 0.3) is 0 Å². The molecule has 0 saturated heterocycles. The predicted octanol–water partition coefficient (Wildman–Crippen LogP) is 7.89. The Labute approximate surface area is 162 Å². The molecule has 3 saturated carbocycles. The normalized spacial score (nSPS) is 47.0. The van der Waals surface area contributed by atoms with Crippen molar-refractivity contribution in [3.05, 3.63) is 48.6 Å². The summed E-state index contributed by atoms with van der Waals surface area (Å²) in [6.07, 6.45) is 18.5. The zero-order valence-electron chi connectivity index (χ0n) is 17.9. The Bertz CT molecular complexity index is 634. The topological polar surface area (TPSA) is 0 Å². The van der Waals surface area contributed by atoms with Gasteiger partial charge >= 0.3 is 0 Å². The molecule has 0 amide bonds. The molecule has 0 aromatic heterocycles. The van der Waals surface area contributed by atoms with E-state index in [0.717, 1.165) is 17.8 Å². The third-order valence-electron chi connectivity index (χ3n) is 9.26. The summed E-state index contributed by atoms with van der Waals surface area (Å²) < 4.78 is 0. The van der Waals surface area contributed by atoms with Gasteiger partial charge in [-0.3, -0.25) is 0 Å². The highest BCUT2D eigenvalue weighted by atomic mass is 14.7. The van der Waals surface area contributed by atoms with Crippen LogP contribution < -0.4 is 0 Å². The molecular weight excluding hydrogens is 312 g/mol. The van der Waals surface area contributed by atoms with Gasteiger partial charge in [0.15, 0.2) is 0 Å². The molecule has 0 N–H and O–H groups in total. The van der Waals surface area contributed by atoms with Crippen LogP contribution >= 0.6 is 0 Å². The van der Waals surface area contributed by atoms with E-state index in [-0.39, 0.29) is 5.41 Å². The van der Waals surface area contributed by atoms with Crippen LogP contribution in [0, 0.1) is 34.0 Å². The van der Waals surface area contributed by atoms with Gasteiger partial charge in [-0.1, -0.05) is 69.4 Å². The van der Waals surface area contributed by atoms with E-state index in [0.29, 0.717) is 10.8 Å². The smallest absolute Gasteiger partial charge is 0.00964 e. The monoisotopic (exact) mass is 352 g/mol. The quantitative estimate of drug-likeness (QED) is 0.451. The van der Waals surface area contributed by atoms with Crippen molar-refractivity contribution in [3.63, 3.8) is 0 Å². The Morgan fingerprint density at radius 2 is 1.85 bits per heavy atom. The molecule has 0 bridgehead atoms. The minimum absolute atomic E-state index is 0.216. The van der Waals surface area contributed by atoms with Crippen molar-refractivity contribution in [2.45, 2.75) is 79.6 Å². The van der Waals surface area contributed by atoms with Gasteiger partial charge in [-0.2, -0.15) is 0 Å². The summed E-state index contributed by atoms with van der Waals surface area (Å²) in [6, 6.07) is 0. The van der Waals surface area contributed by atoms with Crippen LogP contribution in [-0.2, 0) is 0 Å². The number of hydrogen-bond acceptors (Lipinski definition) is 0. The van der Waals surface area contributed by atoms with Crippen molar-refractivity contribution in [2.75, 3.05) is 0 Å². The maximum Gasteiger partial charge on any atom is 0.00964 e. The molecule has 3 aliphatic carbocycles. The molecule has 0 radical (unpaired) electrons. The van der Waals surface area contributed by atoms with Crippen LogP contribution in [0.2, 0.25) is 0 Å². The van der Waals surface area contributed by atoms with Crippen molar-refractivity contribution in [2.24, 2.45) is 34.0 Å². The van der Waals surface area contributed by atoms with Gasteiger partial charge in [-0.05, 0) is 87.4 Å². The number of allylic oxidation sites excluding steroid dienone is 6. The van der Waals surface area contributed by atoms with E-state index in [1.807, 2.05) is 6.08 Å². The molecule has 26 heavy (non-hydrogen) atoms. The fourth-order valence-corrected chi connectivity index (χ4v) is 7.96. The van der Waals surface area contributed by atoms with E-state index in [4.69, 9.17) is 0 Å². The maximum atomic E-state index is 4.48. The highest BCUT2D eigenvalue weighted by molar-refractivity contribution is 5.31. The highest BCUT2D eigenvalue weighted by Gasteiger charge is 2.63. The molecule has 144 valence electrons. The molecule has 6 atom stereocenters. The largest absolute Gasteiger partial charge is 0.0996 e. The average Bonchev–Trinajstić information content (AvgIpc) is 2.91. The minimum atomic E-state index is 0.216. The molecule has 6 unspecified atom stereocenters. The Kier molecular flexibility index (Phi) is 5.19. The Morgan fingerprint density at radius 3 is 2.42 bits per heavy atom. The van der Waals surface area contributed by atoms with Gasteiger partial charge in [0.2, 0.25) is 0 Å². The van der Waals surface area contributed by atoms with Crippen LogP contribution in [0.15, 0.2) is 48.6 Å². The lowest BCUT2D eigenvalue weighted by Crippen LogP contribution is -2.51. The summed E-state index contributed by atoms with van der Waals surface area (Å²) >= 11 is 0. The predicted molar refractivity (Wildman–Crippen MR) is 115 cm³/mol. The Morgan fingerprint density at radius 1 is 1.15 bits per heavy atom. The van der Waals surface area contributed by atoms with Crippen LogP contribution in [0.1, 0.15) is 79.6 Å². The van der Waals surface area contributed by atoms with Crippen LogP contribution in [0.4, 0.5) is 0 Å². The summed E-state index contributed by atoms with van der Waals surface area (Å²) in [5.41, 5.74) is 4.09. The molecule has 0 aromatic carbocycles. The molecule has 0 aliphatic heterocycles. The first kappa shape index (κ1) is 19.7. The second-order valence-electron chi connectivity index (χ2n) is 9.84. The zero-order chi connectivity index (χ0) is 19.2. The SMILES string of the molecule is C=C/C=C1/CCC2C(CCC3(C)C2CCC3(CC)C(=C)C)C1(C)/C=C\C. The van der Waals surface area contributed by atoms with Crippen LogP contribution in [0.3, 0.4) is 0 Å². The third-order valence-corrected chi connectivity index (χ3v) is 9.26. The fraction of sp³-hybridized carbons (Fsp3) is 0.692. The number of rotatable bonds is 4. The molecule has 0 aromatic rings. The van der Waals surface area contributed by atoms with Gasteiger partial charge in [0.05, 0.1) is 0 Å². The standard InChI is InChI=1S/C26H40/c1-8-11-20-12-13-21-22(24(20,6)16-9-2)14-17-25(7)23(21)15-18-26(25,10-3)19(4)5/h8-9,11,16,21-23H,1,4,10,12-15,17-18H2,2-3,5-7H3/b16-9-,20-11-. The lowest BCUT2D eigenvalue weighted by atomic mass is 9.45. The highest BCUT2D eigenvalue weighted by Crippen LogP contribution is 2.71. The summed E-state index contributed by atoms with van der Waals surface area (Å²) in [7, 11) is 0. The number of fused-ring (bicyclic) bond motifs is 3. The second kappa shape index (κ2) is 6.84. The molecule has 0 spiro atoms. The first-order chi connectivity index (χ1) is 12.3.